The smallest absolute Gasteiger partial charge is 0.218 e. The molecule has 0 unspecified atom stereocenters. The molecule has 0 amide bonds. The molecule has 4 heteroatoms. The molecule has 0 saturated heterocycles. The Hall–Kier alpha value is -1.68. The van der Waals surface area contributed by atoms with Gasteiger partial charge in [-0.1, -0.05) is 6.07 Å². The highest BCUT2D eigenvalue weighted by molar-refractivity contribution is 7.97. The third-order valence-electron chi connectivity index (χ3n) is 1.95. The van der Waals surface area contributed by atoms with Crippen molar-refractivity contribution in [3.05, 3.63) is 48.3 Å². The first kappa shape index (κ1) is 9.86. The summed E-state index contributed by atoms with van der Waals surface area (Å²) in [4.78, 5) is 19.5. The van der Waals surface area contributed by atoms with E-state index in [2.05, 4.69) is 22.6 Å². The first-order valence-corrected chi connectivity index (χ1v) is 4.83. The third kappa shape index (κ3) is 2.05. The number of rotatable bonds is 2. The maximum Gasteiger partial charge on any atom is 0.218 e. The van der Waals surface area contributed by atoms with Crippen molar-refractivity contribution in [1.82, 2.24) is 9.97 Å². The predicted octanol–water partition coefficient (Wildman–Crippen LogP) is 2.21. The summed E-state index contributed by atoms with van der Waals surface area (Å²) in [6.07, 6.45) is 3.29. The minimum Gasteiger partial charge on any atom is -0.282 e. The Bertz CT molecular complexity index is 485. The van der Waals surface area contributed by atoms with Crippen molar-refractivity contribution in [2.24, 2.45) is 0 Å². The van der Waals surface area contributed by atoms with Crippen molar-refractivity contribution in [2.75, 3.05) is 0 Å². The Morgan fingerprint density at radius 1 is 1.07 bits per heavy atom. The van der Waals surface area contributed by atoms with Gasteiger partial charge in [-0.25, -0.2) is 0 Å². The minimum atomic E-state index is -0.302. The molecule has 0 aromatic carbocycles. The number of aromatic nitrogens is 2. The lowest BCUT2D eigenvalue weighted by Crippen LogP contribution is -1.97. The molecule has 0 spiro atoms. The van der Waals surface area contributed by atoms with E-state index in [9.17, 15) is 4.79 Å². The maximum absolute atomic E-state index is 11.2. The SMILES string of the molecule is O=C(S)c1cccnc1-c1ccccn1. The van der Waals surface area contributed by atoms with E-state index < -0.39 is 0 Å². The summed E-state index contributed by atoms with van der Waals surface area (Å²) >= 11 is 3.80. The molecule has 0 fully saturated rings. The zero-order valence-corrected chi connectivity index (χ0v) is 8.69. The minimum absolute atomic E-state index is 0.302. The van der Waals surface area contributed by atoms with Crippen LogP contribution in [0.25, 0.3) is 11.4 Å². The van der Waals surface area contributed by atoms with Crippen LogP contribution in [0.5, 0.6) is 0 Å². The number of carbonyl (C=O) groups excluding carboxylic acids is 1. The van der Waals surface area contributed by atoms with Crippen LogP contribution in [0.2, 0.25) is 0 Å². The lowest BCUT2D eigenvalue weighted by molar-refractivity contribution is 0.109. The van der Waals surface area contributed by atoms with Crippen LogP contribution in [-0.4, -0.2) is 15.1 Å². The van der Waals surface area contributed by atoms with Crippen LogP contribution >= 0.6 is 12.6 Å². The summed E-state index contributed by atoms with van der Waals surface area (Å²) in [7, 11) is 0. The van der Waals surface area contributed by atoms with Gasteiger partial charge in [-0.2, -0.15) is 0 Å². The van der Waals surface area contributed by atoms with Crippen LogP contribution in [0.1, 0.15) is 10.4 Å². The molecule has 2 rings (SSSR count). The quantitative estimate of drug-likeness (QED) is 0.783. The molecule has 2 aromatic rings. The van der Waals surface area contributed by atoms with E-state index in [4.69, 9.17) is 0 Å². The number of hydrogen-bond donors (Lipinski definition) is 1. The van der Waals surface area contributed by atoms with E-state index in [0.717, 1.165) is 0 Å². The molecule has 0 saturated carbocycles. The van der Waals surface area contributed by atoms with E-state index in [0.29, 0.717) is 17.0 Å². The van der Waals surface area contributed by atoms with E-state index in [1.165, 1.54) is 0 Å². The number of thiol groups is 1. The molecule has 2 aromatic heterocycles. The maximum atomic E-state index is 11.2. The van der Waals surface area contributed by atoms with Crippen LogP contribution in [-0.2, 0) is 0 Å². The van der Waals surface area contributed by atoms with Gasteiger partial charge in [0, 0.05) is 12.4 Å². The predicted molar refractivity (Wildman–Crippen MR) is 60.8 cm³/mol. The summed E-state index contributed by atoms with van der Waals surface area (Å²) in [5.74, 6) is 0. The molecule has 0 aliphatic heterocycles. The summed E-state index contributed by atoms with van der Waals surface area (Å²) < 4.78 is 0. The fraction of sp³-hybridized carbons (Fsp3) is 0. The van der Waals surface area contributed by atoms with Crippen LogP contribution in [0, 0.1) is 0 Å². The number of pyridine rings is 2. The molecule has 0 aliphatic carbocycles. The Balaban J connectivity index is 2.58. The molecule has 3 nitrogen and oxygen atoms in total. The zero-order chi connectivity index (χ0) is 10.7. The normalized spacial score (nSPS) is 9.93. The second-order valence-corrected chi connectivity index (χ2v) is 3.33. The molecule has 0 radical (unpaired) electrons. The molecule has 15 heavy (non-hydrogen) atoms. The summed E-state index contributed by atoms with van der Waals surface area (Å²) in [5.41, 5.74) is 1.72. The van der Waals surface area contributed by atoms with Crippen molar-refractivity contribution < 1.29 is 4.79 Å². The third-order valence-corrected chi connectivity index (χ3v) is 2.19. The molecular formula is C11H8N2OS. The van der Waals surface area contributed by atoms with Gasteiger partial charge >= 0.3 is 0 Å². The van der Waals surface area contributed by atoms with Crippen molar-refractivity contribution in [3.8, 4) is 11.4 Å². The van der Waals surface area contributed by atoms with E-state index in [1.54, 1.807) is 24.5 Å². The molecule has 74 valence electrons. The molecule has 0 aliphatic rings. The van der Waals surface area contributed by atoms with Gasteiger partial charge in [0.1, 0.15) is 5.69 Å². The second kappa shape index (κ2) is 4.23. The monoisotopic (exact) mass is 216 g/mol. The average molecular weight is 216 g/mol. The highest BCUT2D eigenvalue weighted by atomic mass is 32.1. The molecule has 0 bridgehead atoms. The molecule has 0 N–H and O–H groups in total. The van der Waals surface area contributed by atoms with Crippen LogP contribution < -0.4 is 0 Å². The summed E-state index contributed by atoms with van der Waals surface area (Å²) in [6.45, 7) is 0. The van der Waals surface area contributed by atoms with Gasteiger partial charge in [0.05, 0.1) is 11.3 Å². The lowest BCUT2D eigenvalue weighted by Gasteiger charge is -2.03. The number of nitrogens with zero attached hydrogens (tertiary/aromatic N) is 2. The van der Waals surface area contributed by atoms with E-state index >= 15 is 0 Å². The van der Waals surface area contributed by atoms with Crippen molar-refractivity contribution in [3.63, 3.8) is 0 Å². The summed E-state index contributed by atoms with van der Waals surface area (Å²) in [5, 5.41) is -0.302. The van der Waals surface area contributed by atoms with Crippen LogP contribution in [0.4, 0.5) is 0 Å². The largest absolute Gasteiger partial charge is 0.282 e. The van der Waals surface area contributed by atoms with Gasteiger partial charge in [0.2, 0.25) is 5.12 Å². The average Bonchev–Trinajstić information content (AvgIpc) is 2.30. The van der Waals surface area contributed by atoms with Crippen LogP contribution in [0.3, 0.4) is 0 Å². The van der Waals surface area contributed by atoms with Crippen LogP contribution in [0.15, 0.2) is 42.7 Å². The molecular weight excluding hydrogens is 208 g/mol. The van der Waals surface area contributed by atoms with Gasteiger partial charge in [-0.15, -0.1) is 12.6 Å². The fourth-order valence-electron chi connectivity index (χ4n) is 1.28. The van der Waals surface area contributed by atoms with Crippen molar-refractivity contribution >= 4 is 17.7 Å². The van der Waals surface area contributed by atoms with E-state index in [1.807, 2.05) is 18.2 Å². The molecule has 0 atom stereocenters. The highest BCUT2D eigenvalue weighted by Crippen LogP contribution is 2.19. The van der Waals surface area contributed by atoms with Gasteiger partial charge in [0.25, 0.3) is 0 Å². The number of hydrogen-bond acceptors (Lipinski definition) is 3. The second-order valence-electron chi connectivity index (χ2n) is 2.92. The standard InChI is InChI=1S/C11H8N2OS/c14-11(15)8-4-3-7-13-10(8)9-5-1-2-6-12-9/h1-7H,(H,14,15). The van der Waals surface area contributed by atoms with Gasteiger partial charge in [-0.3, -0.25) is 14.8 Å². The first-order valence-electron chi connectivity index (χ1n) is 4.39. The highest BCUT2D eigenvalue weighted by Gasteiger charge is 2.10. The Kier molecular flexibility index (Phi) is 2.78. The fourth-order valence-corrected chi connectivity index (χ4v) is 1.47. The van der Waals surface area contributed by atoms with Gasteiger partial charge in [0.15, 0.2) is 0 Å². The first-order chi connectivity index (χ1) is 7.29. The topological polar surface area (TPSA) is 42.9 Å². The Morgan fingerprint density at radius 2 is 1.87 bits per heavy atom. The lowest BCUT2D eigenvalue weighted by atomic mass is 10.1. The van der Waals surface area contributed by atoms with Gasteiger partial charge in [-0.05, 0) is 24.3 Å². The zero-order valence-electron chi connectivity index (χ0n) is 7.79. The number of carbonyl (C=O) groups is 1. The van der Waals surface area contributed by atoms with Gasteiger partial charge < -0.3 is 0 Å². The Labute approximate surface area is 92.6 Å². The Morgan fingerprint density at radius 3 is 2.53 bits per heavy atom. The van der Waals surface area contributed by atoms with Crippen molar-refractivity contribution in [2.45, 2.75) is 0 Å². The van der Waals surface area contributed by atoms with Crippen molar-refractivity contribution in [1.29, 1.82) is 0 Å². The summed E-state index contributed by atoms with van der Waals surface area (Å²) in [6, 6.07) is 8.86. The van der Waals surface area contributed by atoms with E-state index in [-0.39, 0.29) is 5.12 Å². The molecule has 2 heterocycles.